The zero-order chi connectivity index (χ0) is 9.03. The number of aromatic nitrogens is 1. The van der Waals surface area contributed by atoms with Gasteiger partial charge in [-0.2, -0.15) is 0 Å². The van der Waals surface area contributed by atoms with Crippen LogP contribution in [0.4, 0.5) is 12.9 Å². The van der Waals surface area contributed by atoms with Gasteiger partial charge in [-0.1, -0.05) is 6.08 Å². The molecule has 1 heterocycles. The van der Waals surface area contributed by atoms with Crippen LogP contribution >= 0.6 is 0 Å². The minimum absolute atomic E-state index is 0. The van der Waals surface area contributed by atoms with Crippen molar-refractivity contribution in [2.24, 2.45) is 0 Å². The first kappa shape index (κ1) is 13.4. The number of nitrogens with zero attached hydrogens (tertiary/aromatic N) is 1. The molecule has 0 atom stereocenters. The van der Waals surface area contributed by atoms with Gasteiger partial charge in [0.1, 0.15) is 0 Å². The minimum Gasteiger partial charge on any atom is -0.445 e. The standard InChI is InChI=1S/C7H6BF3N.K/c9-8(10,11)4-1-7-2-5-12-6-3-7;/h1-6H;/q-1;+1/b4-1+;. The summed E-state index contributed by atoms with van der Waals surface area (Å²) in [5.41, 5.74) is 0.504. The molecule has 1 rings (SSSR count). The predicted molar refractivity (Wildman–Crippen MR) is 42.3 cm³/mol. The molecule has 6 heteroatoms. The molecule has 0 saturated heterocycles. The molecule has 0 unspecified atom stereocenters. The third-order valence-electron chi connectivity index (χ3n) is 1.21. The molecule has 1 aromatic rings. The van der Waals surface area contributed by atoms with Crippen LogP contribution in [0.5, 0.6) is 0 Å². The van der Waals surface area contributed by atoms with E-state index in [1.54, 1.807) is 0 Å². The van der Waals surface area contributed by atoms with Crippen LogP contribution in [-0.2, 0) is 0 Å². The topological polar surface area (TPSA) is 12.9 Å². The quantitative estimate of drug-likeness (QED) is 0.600. The Labute approximate surface area is 117 Å². The Balaban J connectivity index is 0.00000144. The van der Waals surface area contributed by atoms with E-state index in [0.717, 1.165) is 6.08 Å². The molecule has 0 spiro atoms. The Morgan fingerprint density at radius 1 is 1.15 bits per heavy atom. The van der Waals surface area contributed by atoms with Crippen molar-refractivity contribution in [1.82, 2.24) is 4.98 Å². The fraction of sp³-hybridized carbons (Fsp3) is 0. The van der Waals surface area contributed by atoms with Gasteiger partial charge in [0.2, 0.25) is 0 Å². The summed E-state index contributed by atoms with van der Waals surface area (Å²) < 4.78 is 35.1. The van der Waals surface area contributed by atoms with Gasteiger partial charge in [0, 0.05) is 12.4 Å². The van der Waals surface area contributed by atoms with E-state index in [-0.39, 0.29) is 57.4 Å². The van der Waals surface area contributed by atoms with E-state index in [1.165, 1.54) is 24.5 Å². The zero-order valence-electron chi connectivity index (χ0n) is 7.12. The Kier molecular flexibility index (Phi) is 6.15. The average Bonchev–Trinajstić information content (AvgIpc) is 2.02. The first-order valence-corrected chi connectivity index (χ1v) is 3.37. The van der Waals surface area contributed by atoms with Gasteiger partial charge < -0.3 is 12.9 Å². The number of rotatable bonds is 2. The molecule has 0 radical (unpaired) electrons. The third-order valence-corrected chi connectivity index (χ3v) is 1.21. The van der Waals surface area contributed by atoms with Crippen molar-refractivity contribution >= 4 is 13.1 Å². The van der Waals surface area contributed by atoms with Gasteiger partial charge in [0.15, 0.2) is 0 Å². The first-order valence-electron chi connectivity index (χ1n) is 3.37. The molecule has 1 aromatic heterocycles. The van der Waals surface area contributed by atoms with E-state index in [9.17, 15) is 12.9 Å². The normalized spacial score (nSPS) is 11.3. The fourth-order valence-corrected chi connectivity index (χ4v) is 0.695. The van der Waals surface area contributed by atoms with E-state index in [0.29, 0.717) is 5.56 Å². The van der Waals surface area contributed by atoms with Crippen molar-refractivity contribution in [3.63, 3.8) is 0 Å². The summed E-state index contributed by atoms with van der Waals surface area (Å²) in [7, 11) is 0. The first-order chi connectivity index (χ1) is 5.58. The summed E-state index contributed by atoms with van der Waals surface area (Å²) in [5.74, 6) is 0.259. The maximum atomic E-state index is 11.7. The molecule has 0 saturated carbocycles. The molecule has 0 aliphatic rings. The van der Waals surface area contributed by atoms with Gasteiger partial charge in [0.05, 0.1) is 0 Å². The van der Waals surface area contributed by atoms with E-state index in [1.807, 2.05) is 0 Å². The van der Waals surface area contributed by atoms with Crippen LogP contribution in [0.2, 0.25) is 0 Å². The molecular formula is C7H6BF3KN. The molecule has 0 N–H and O–H groups in total. The summed E-state index contributed by atoms with van der Waals surface area (Å²) >= 11 is 0. The summed E-state index contributed by atoms with van der Waals surface area (Å²) in [6, 6.07) is 3.02. The Morgan fingerprint density at radius 2 is 1.69 bits per heavy atom. The average molecular weight is 211 g/mol. The Hall–Kier alpha value is 0.381. The second kappa shape index (κ2) is 5.98. The molecule has 64 valence electrons. The molecule has 1 nitrogen and oxygen atoms in total. The van der Waals surface area contributed by atoms with Gasteiger partial charge in [-0.05, 0) is 17.7 Å². The number of halogens is 3. The van der Waals surface area contributed by atoms with Crippen molar-refractivity contribution in [2.75, 3.05) is 0 Å². The van der Waals surface area contributed by atoms with E-state index < -0.39 is 6.98 Å². The minimum atomic E-state index is -4.83. The van der Waals surface area contributed by atoms with Crippen LogP contribution in [0.3, 0.4) is 0 Å². The second-order valence-electron chi connectivity index (χ2n) is 2.27. The van der Waals surface area contributed by atoms with Crippen LogP contribution in [0, 0.1) is 0 Å². The molecule has 0 fully saturated rings. The van der Waals surface area contributed by atoms with Gasteiger partial charge in [0.25, 0.3) is 0 Å². The predicted octanol–water partition coefficient (Wildman–Crippen LogP) is -0.515. The second-order valence-corrected chi connectivity index (χ2v) is 2.27. The maximum absolute atomic E-state index is 11.7. The number of hydrogen-bond acceptors (Lipinski definition) is 1. The molecule has 13 heavy (non-hydrogen) atoms. The number of hydrogen-bond donors (Lipinski definition) is 0. The van der Waals surface area contributed by atoms with Gasteiger partial charge in [-0.3, -0.25) is 4.98 Å². The largest absolute Gasteiger partial charge is 1.00 e. The summed E-state index contributed by atoms with van der Waals surface area (Å²) in [4.78, 5) is 3.68. The molecule has 0 amide bonds. The summed E-state index contributed by atoms with van der Waals surface area (Å²) in [6.45, 7) is -4.83. The van der Waals surface area contributed by atoms with Gasteiger partial charge >= 0.3 is 58.4 Å². The van der Waals surface area contributed by atoms with Crippen molar-refractivity contribution in [3.05, 3.63) is 36.1 Å². The van der Waals surface area contributed by atoms with Crippen molar-refractivity contribution in [3.8, 4) is 0 Å². The van der Waals surface area contributed by atoms with Crippen molar-refractivity contribution in [2.45, 2.75) is 0 Å². The molecule has 0 bridgehead atoms. The van der Waals surface area contributed by atoms with E-state index in [4.69, 9.17) is 0 Å². The molecular weight excluding hydrogens is 205 g/mol. The van der Waals surface area contributed by atoms with Gasteiger partial charge in [-0.25, -0.2) is 0 Å². The Morgan fingerprint density at radius 3 is 2.15 bits per heavy atom. The van der Waals surface area contributed by atoms with Crippen LogP contribution in [-0.4, -0.2) is 12.0 Å². The van der Waals surface area contributed by atoms with Crippen LogP contribution in [0.15, 0.2) is 30.5 Å². The van der Waals surface area contributed by atoms with Crippen LogP contribution in [0.25, 0.3) is 6.08 Å². The van der Waals surface area contributed by atoms with Gasteiger partial charge in [-0.15, -0.1) is 5.98 Å². The monoisotopic (exact) mass is 211 g/mol. The van der Waals surface area contributed by atoms with E-state index in [2.05, 4.69) is 4.98 Å². The van der Waals surface area contributed by atoms with Crippen molar-refractivity contribution in [1.29, 1.82) is 0 Å². The summed E-state index contributed by atoms with van der Waals surface area (Å²) in [5, 5.41) is 0. The van der Waals surface area contributed by atoms with Crippen molar-refractivity contribution < 1.29 is 64.3 Å². The van der Waals surface area contributed by atoms with E-state index >= 15 is 0 Å². The molecule has 0 aliphatic heterocycles. The van der Waals surface area contributed by atoms with Crippen LogP contribution in [0.1, 0.15) is 5.56 Å². The smallest absolute Gasteiger partial charge is 0.445 e. The molecule has 0 aromatic carbocycles. The summed E-state index contributed by atoms with van der Waals surface area (Å²) in [6.07, 6.45) is 3.92. The number of pyridine rings is 1. The third kappa shape index (κ3) is 6.45. The SMILES string of the molecule is F[B-](F)(F)/C=C/c1ccncc1.[K+]. The zero-order valence-corrected chi connectivity index (χ0v) is 10.2. The van der Waals surface area contributed by atoms with Crippen LogP contribution < -0.4 is 51.4 Å². The molecule has 0 aliphatic carbocycles. The maximum Gasteiger partial charge on any atom is 1.00 e. The Bertz CT molecular complexity index is 273. The fourth-order valence-electron chi connectivity index (χ4n) is 0.695.